The van der Waals surface area contributed by atoms with Gasteiger partial charge in [0.05, 0.1) is 12.1 Å². The molecule has 1 heterocycles. The molecule has 1 N–H and O–H groups in total. The van der Waals surface area contributed by atoms with E-state index in [0.29, 0.717) is 23.2 Å². The number of rotatable bonds is 7. The highest BCUT2D eigenvalue weighted by Gasteiger charge is 2.49. The maximum absolute atomic E-state index is 14.3. The summed E-state index contributed by atoms with van der Waals surface area (Å²) < 4.78 is 41.3. The summed E-state index contributed by atoms with van der Waals surface area (Å²) in [5.41, 5.74) is 0.538. The summed E-state index contributed by atoms with van der Waals surface area (Å²) >= 11 is 0. The summed E-state index contributed by atoms with van der Waals surface area (Å²) in [5.74, 6) is -0.279. The number of nitrogens with zero attached hydrogens (tertiary/aromatic N) is 1. The molecule has 0 fully saturated rings. The van der Waals surface area contributed by atoms with Crippen LogP contribution in [-0.4, -0.2) is 23.9 Å². The smallest absolute Gasteiger partial charge is 0.307 e. The molecule has 2 amide bonds. The van der Waals surface area contributed by atoms with Gasteiger partial charge >= 0.3 is 6.03 Å². The lowest BCUT2D eigenvalue weighted by atomic mass is 9.72. The van der Waals surface area contributed by atoms with Gasteiger partial charge in [-0.2, -0.15) is 0 Å². The average Bonchev–Trinajstić information content (AvgIpc) is 2.69. The van der Waals surface area contributed by atoms with E-state index in [1.165, 1.54) is 23.1 Å². The van der Waals surface area contributed by atoms with Crippen LogP contribution in [0.2, 0.25) is 0 Å². The van der Waals surface area contributed by atoms with Crippen LogP contribution in [-0.2, 0) is 5.54 Å². The molecule has 0 saturated carbocycles. The molecule has 150 valence electrons. The monoisotopic (exact) mass is 390 g/mol. The molecule has 0 saturated heterocycles. The maximum Gasteiger partial charge on any atom is 0.323 e. The molecule has 0 radical (unpaired) electrons. The van der Waals surface area contributed by atoms with Crippen molar-refractivity contribution in [1.82, 2.24) is 4.90 Å². The molecule has 1 unspecified atom stereocenters. The minimum Gasteiger partial charge on any atom is -0.307 e. The number of carbonyl (C=O) groups is 1. The molecule has 6 heteroatoms. The molecule has 0 aliphatic carbocycles. The van der Waals surface area contributed by atoms with Gasteiger partial charge in [0.2, 0.25) is 0 Å². The van der Waals surface area contributed by atoms with Crippen LogP contribution in [0.4, 0.5) is 23.7 Å². The molecule has 1 aliphatic rings. The van der Waals surface area contributed by atoms with Crippen molar-refractivity contribution in [2.24, 2.45) is 5.92 Å². The van der Waals surface area contributed by atoms with Gasteiger partial charge in [0.1, 0.15) is 5.82 Å². The predicted molar refractivity (Wildman–Crippen MR) is 104 cm³/mol. The van der Waals surface area contributed by atoms with Crippen LogP contribution < -0.4 is 5.32 Å². The van der Waals surface area contributed by atoms with Crippen LogP contribution >= 0.6 is 0 Å². The van der Waals surface area contributed by atoms with Gasteiger partial charge in [-0.3, -0.25) is 0 Å². The highest BCUT2D eigenvalue weighted by molar-refractivity contribution is 5.94. The number of halogens is 3. The van der Waals surface area contributed by atoms with Gasteiger partial charge in [0.25, 0.3) is 6.43 Å². The van der Waals surface area contributed by atoms with Gasteiger partial charge in [-0.1, -0.05) is 57.0 Å². The lowest BCUT2D eigenvalue weighted by Gasteiger charge is -2.50. The molecule has 0 bridgehead atoms. The molecule has 0 aromatic heterocycles. The third kappa shape index (κ3) is 3.60. The molecule has 0 spiro atoms. The maximum atomic E-state index is 14.3. The fraction of sp³-hybridized carbons (Fsp3) is 0.409. The Morgan fingerprint density at radius 3 is 2.36 bits per heavy atom. The standard InChI is InChI=1S/C22H25F3N2O/c1-3-15(4-2)13-22(16-8-6-5-7-9-16)18-12-17(23)10-11-19(18)26-21(28)27(22)14-20(24)25/h5-12,15,20H,3-4,13-14H2,1-2H3,(H,26,28). The number of urea groups is 1. The Hall–Kier alpha value is -2.50. The normalized spacial score (nSPS) is 19.1. The average molecular weight is 390 g/mol. The first-order valence-electron chi connectivity index (χ1n) is 9.64. The van der Waals surface area contributed by atoms with E-state index in [0.717, 1.165) is 12.8 Å². The quantitative estimate of drug-likeness (QED) is 0.617. The number of carbonyl (C=O) groups excluding carboxylic acids is 1. The van der Waals surface area contributed by atoms with Gasteiger partial charge in [0.15, 0.2) is 0 Å². The van der Waals surface area contributed by atoms with E-state index in [-0.39, 0.29) is 5.92 Å². The zero-order valence-electron chi connectivity index (χ0n) is 16.1. The van der Waals surface area contributed by atoms with Gasteiger partial charge in [0, 0.05) is 11.3 Å². The van der Waals surface area contributed by atoms with Crippen molar-refractivity contribution in [2.75, 3.05) is 11.9 Å². The molecule has 28 heavy (non-hydrogen) atoms. The van der Waals surface area contributed by atoms with Crippen molar-refractivity contribution in [3.05, 3.63) is 65.5 Å². The highest BCUT2D eigenvalue weighted by Crippen LogP contribution is 2.48. The van der Waals surface area contributed by atoms with Crippen LogP contribution in [0.1, 0.15) is 44.2 Å². The largest absolute Gasteiger partial charge is 0.323 e. The first-order chi connectivity index (χ1) is 13.4. The molecule has 1 aliphatic heterocycles. The van der Waals surface area contributed by atoms with Crippen molar-refractivity contribution in [3.8, 4) is 0 Å². The SMILES string of the molecule is CCC(CC)CC1(c2ccccc2)c2cc(F)ccc2NC(=O)N1CC(F)F. The zero-order valence-corrected chi connectivity index (χ0v) is 16.1. The molecule has 2 aromatic carbocycles. The van der Waals surface area contributed by atoms with E-state index in [2.05, 4.69) is 5.32 Å². The molecular weight excluding hydrogens is 365 g/mol. The number of amides is 2. The van der Waals surface area contributed by atoms with E-state index < -0.39 is 30.4 Å². The minimum absolute atomic E-state index is 0.183. The Labute approximate surface area is 163 Å². The zero-order chi connectivity index (χ0) is 20.3. The third-order valence-electron chi connectivity index (χ3n) is 5.69. The number of anilines is 1. The Morgan fingerprint density at radius 1 is 1.07 bits per heavy atom. The summed E-state index contributed by atoms with van der Waals surface area (Å²) in [6, 6.07) is 12.7. The van der Waals surface area contributed by atoms with Crippen LogP contribution in [0.15, 0.2) is 48.5 Å². The second-order valence-electron chi connectivity index (χ2n) is 7.23. The van der Waals surface area contributed by atoms with E-state index in [1.807, 2.05) is 44.2 Å². The summed E-state index contributed by atoms with van der Waals surface area (Å²) in [4.78, 5) is 14.1. The van der Waals surface area contributed by atoms with Crippen molar-refractivity contribution >= 4 is 11.7 Å². The number of alkyl halides is 2. The minimum atomic E-state index is -2.70. The topological polar surface area (TPSA) is 32.3 Å². The van der Waals surface area contributed by atoms with Crippen molar-refractivity contribution in [1.29, 1.82) is 0 Å². The summed E-state index contributed by atoms with van der Waals surface area (Å²) in [7, 11) is 0. The van der Waals surface area contributed by atoms with Crippen molar-refractivity contribution in [3.63, 3.8) is 0 Å². The third-order valence-corrected chi connectivity index (χ3v) is 5.69. The second-order valence-corrected chi connectivity index (χ2v) is 7.23. The number of benzene rings is 2. The second kappa shape index (κ2) is 8.25. The molecule has 3 rings (SSSR count). The van der Waals surface area contributed by atoms with Gasteiger partial charge < -0.3 is 10.2 Å². The van der Waals surface area contributed by atoms with Gasteiger partial charge in [-0.25, -0.2) is 18.0 Å². The Morgan fingerprint density at radius 2 is 1.75 bits per heavy atom. The van der Waals surface area contributed by atoms with Crippen LogP contribution in [0.3, 0.4) is 0 Å². The van der Waals surface area contributed by atoms with E-state index in [9.17, 15) is 18.0 Å². The number of hydrogen-bond donors (Lipinski definition) is 1. The summed E-state index contributed by atoms with van der Waals surface area (Å²) in [6.07, 6.45) is -0.592. The van der Waals surface area contributed by atoms with Gasteiger partial charge in [-0.05, 0) is 36.1 Å². The Kier molecular flexibility index (Phi) is 5.96. The fourth-order valence-corrected chi connectivity index (χ4v) is 4.20. The molecule has 3 nitrogen and oxygen atoms in total. The predicted octanol–water partition coefficient (Wildman–Crippen LogP) is 6.01. The lowest BCUT2D eigenvalue weighted by Crippen LogP contribution is -2.57. The van der Waals surface area contributed by atoms with E-state index in [1.54, 1.807) is 0 Å². The molecule has 2 aromatic rings. The summed E-state index contributed by atoms with van der Waals surface area (Å²) in [5, 5.41) is 2.66. The first-order valence-corrected chi connectivity index (χ1v) is 9.64. The number of fused-ring (bicyclic) bond motifs is 1. The molecule has 1 atom stereocenters. The van der Waals surface area contributed by atoms with Crippen LogP contribution in [0.25, 0.3) is 0 Å². The highest BCUT2D eigenvalue weighted by atomic mass is 19.3. The first kappa shape index (κ1) is 20.2. The van der Waals surface area contributed by atoms with Gasteiger partial charge in [-0.15, -0.1) is 0 Å². The number of hydrogen-bond acceptors (Lipinski definition) is 1. The fourth-order valence-electron chi connectivity index (χ4n) is 4.20. The number of nitrogens with one attached hydrogen (secondary N) is 1. The van der Waals surface area contributed by atoms with Crippen molar-refractivity contribution < 1.29 is 18.0 Å². The van der Waals surface area contributed by atoms with Crippen LogP contribution in [0, 0.1) is 11.7 Å². The lowest BCUT2D eigenvalue weighted by molar-refractivity contribution is 0.0481. The molecular formula is C22H25F3N2O. The van der Waals surface area contributed by atoms with Crippen LogP contribution in [0.5, 0.6) is 0 Å². The van der Waals surface area contributed by atoms with E-state index in [4.69, 9.17) is 0 Å². The van der Waals surface area contributed by atoms with E-state index >= 15 is 0 Å². The Balaban J connectivity index is 2.32. The Bertz CT molecular complexity index is 824. The summed E-state index contributed by atoms with van der Waals surface area (Å²) in [6.45, 7) is 3.36. The van der Waals surface area contributed by atoms with Crippen molar-refractivity contribution in [2.45, 2.75) is 45.1 Å².